The number of aromatic carboxylic acids is 1. The molecule has 4 nitrogen and oxygen atoms in total. The van der Waals surface area contributed by atoms with Crippen molar-refractivity contribution in [2.24, 2.45) is 0 Å². The average Bonchev–Trinajstić information content (AvgIpc) is 2.61. The number of carbonyl (C=O) groups is 1. The minimum Gasteiger partial charge on any atom is -0.477 e. The Labute approximate surface area is 89.3 Å². The molecule has 0 bridgehead atoms. The number of aryl methyl sites for hydroxylation is 2. The van der Waals surface area contributed by atoms with Crippen molar-refractivity contribution in [3.8, 4) is 0 Å². The molecule has 0 atom stereocenters. The highest BCUT2D eigenvalue weighted by molar-refractivity contribution is 5.89. The number of nitrogens with zero attached hydrogens (tertiary/aromatic N) is 1. The van der Waals surface area contributed by atoms with E-state index in [1.54, 1.807) is 0 Å². The number of hydrogen-bond donors (Lipinski definition) is 1. The quantitative estimate of drug-likeness (QED) is 0.735. The molecule has 1 aromatic rings. The first-order valence-corrected chi connectivity index (χ1v) is 5.41. The molecule has 1 N–H and O–H groups in total. The SMILES string of the molecule is CCCCCc1onc(CC)c1C(=O)O. The van der Waals surface area contributed by atoms with Crippen molar-refractivity contribution in [1.29, 1.82) is 0 Å². The molecule has 0 saturated heterocycles. The summed E-state index contributed by atoms with van der Waals surface area (Å²) in [7, 11) is 0. The lowest BCUT2D eigenvalue weighted by molar-refractivity contribution is 0.0693. The molecule has 0 aromatic carbocycles. The zero-order valence-corrected chi connectivity index (χ0v) is 9.25. The standard InChI is InChI=1S/C11H17NO3/c1-3-5-6-7-9-10(11(13)14)8(4-2)12-15-9/h3-7H2,1-2H3,(H,13,14). The van der Waals surface area contributed by atoms with Gasteiger partial charge in [0.05, 0.1) is 5.69 Å². The zero-order chi connectivity index (χ0) is 11.3. The van der Waals surface area contributed by atoms with Crippen molar-refractivity contribution >= 4 is 5.97 Å². The Balaban J connectivity index is 2.78. The van der Waals surface area contributed by atoms with E-state index in [0.717, 1.165) is 19.3 Å². The third kappa shape index (κ3) is 2.81. The van der Waals surface area contributed by atoms with Crippen molar-refractivity contribution in [2.45, 2.75) is 46.0 Å². The Morgan fingerprint density at radius 3 is 2.67 bits per heavy atom. The van der Waals surface area contributed by atoms with Gasteiger partial charge in [-0.25, -0.2) is 4.79 Å². The summed E-state index contributed by atoms with van der Waals surface area (Å²) >= 11 is 0. The summed E-state index contributed by atoms with van der Waals surface area (Å²) < 4.78 is 5.06. The van der Waals surface area contributed by atoms with E-state index in [4.69, 9.17) is 9.63 Å². The fourth-order valence-corrected chi connectivity index (χ4v) is 1.55. The Morgan fingerprint density at radius 1 is 1.40 bits per heavy atom. The van der Waals surface area contributed by atoms with Crippen molar-refractivity contribution in [3.63, 3.8) is 0 Å². The molecule has 1 heterocycles. The van der Waals surface area contributed by atoms with Gasteiger partial charge in [0, 0.05) is 6.42 Å². The number of carboxylic acids is 1. The molecule has 0 fully saturated rings. The fourth-order valence-electron chi connectivity index (χ4n) is 1.55. The van der Waals surface area contributed by atoms with Crippen LogP contribution in [0.1, 0.15) is 54.9 Å². The van der Waals surface area contributed by atoms with Gasteiger partial charge in [-0.05, 0) is 12.8 Å². The average molecular weight is 211 g/mol. The lowest BCUT2D eigenvalue weighted by Gasteiger charge is -1.97. The minimum atomic E-state index is -0.931. The van der Waals surface area contributed by atoms with Gasteiger partial charge in [-0.3, -0.25) is 0 Å². The van der Waals surface area contributed by atoms with Crippen molar-refractivity contribution < 1.29 is 14.4 Å². The normalized spacial score (nSPS) is 10.5. The molecule has 0 saturated carbocycles. The van der Waals surface area contributed by atoms with Gasteiger partial charge < -0.3 is 9.63 Å². The molecule has 0 radical (unpaired) electrons. The van der Waals surface area contributed by atoms with Gasteiger partial charge in [0.1, 0.15) is 5.56 Å². The van der Waals surface area contributed by atoms with Crippen LogP contribution in [0.3, 0.4) is 0 Å². The summed E-state index contributed by atoms with van der Waals surface area (Å²) in [5.41, 5.74) is 0.822. The highest BCUT2D eigenvalue weighted by Gasteiger charge is 2.20. The number of carboxylic acid groups (broad SMARTS) is 1. The molecule has 0 aliphatic carbocycles. The molecule has 0 unspecified atom stereocenters. The summed E-state index contributed by atoms with van der Waals surface area (Å²) in [6, 6.07) is 0. The predicted molar refractivity (Wildman–Crippen MR) is 56.1 cm³/mol. The Morgan fingerprint density at radius 2 is 2.13 bits per heavy atom. The summed E-state index contributed by atoms with van der Waals surface area (Å²) in [5, 5.41) is 12.8. The van der Waals surface area contributed by atoms with E-state index in [1.807, 2.05) is 6.92 Å². The second-order valence-electron chi connectivity index (χ2n) is 3.54. The van der Waals surface area contributed by atoms with Gasteiger partial charge in [-0.2, -0.15) is 0 Å². The van der Waals surface area contributed by atoms with Crippen LogP contribution in [0.15, 0.2) is 4.52 Å². The first-order chi connectivity index (χ1) is 7.20. The number of rotatable bonds is 6. The van der Waals surface area contributed by atoms with E-state index in [1.165, 1.54) is 0 Å². The largest absolute Gasteiger partial charge is 0.477 e. The maximum atomic E-state index is 11.0. The second kappa shape index (κ2) is 5.53. The molecule has 15 heavy (non-hydrogen) atoms. The van der Waals surface area contributed by atoms with Crippen LogP contribution in [0.5, 0.6) is 0 Å². The monoisotopic (exact) mass is 211 g/mol. The number of aromatic nitrogens is 1. The van der Waals surface area contributed by atoms with Crippen LogP contribution in [0.2, 0.25) is 0 Å². The molecular weight excluding hydrogens is 194 g/mol. The minimum absolute atomic E-state index is 0.272. The summed E-state index contributed by atoms with van der Waals surface area (Å²) in [4.78, 5) is 11.0. The molecule has 0 spiro atoms. The van der Waals surface area contributed by atoms with Gasteiger partial charge in [0.2, 0.25) is 0 Å². The third-order valence-corrected chi connectivity index (χ3v) is 2.39. The second-order valence-corrected chi connectivity index (χ2v) is 3.54. The molecule has 0 aliphatic heterocycles. The van der Waals surface area contributed by atoms with Crippen LogP contribution < -0.4 is 0 Å². The molecule has 0 amide bonds. The first-order valence-electron chi connectivity index (χ1n) is 5.41. The molecule has 84 valence electrons. The van der Waals surface area contributed by atoms with E-state index < -0.39 is 5.97 Å². The fraction of sp³-hybridized carbons (Fsp3) is 0.636. The zero-order valence-electron chi connectivity index (χ0n) is 9.25. The molecule has 1 rings (SSSR count). The van der Waals surface area contributed by atoms with Gasteiger partial charge in [-0.15, -0.1) is 0 Å². The van der Waals surface area contributed by atoms with E-state index in [2.05, 4.69) is 12.1 Å². The van der Waals surface area contributed by atoms with Crippen LogP contribution in [-0.4, -0.2) is 16.2 Å². The van der Waals surface area contributed by atoms with Crippen LogP contribution in [0, 0.1) is 0 Å². The molecule has 0 aliphatic rings. The van der Waals surface area contributed by atoms with Crippen LogP contribution in [0.25, 0.3) is 0 Å². The van der Waals surface area contributed by atoms with Crippen molar-refractivity contribution in [1.82, 2.24) is 5.16 Å². The van der Waals surface area contributed by atoms with Crippen molar-refractivity contribution in [3.05, 3.63) is 17.0 Å². The smallest absolute Gasteiger partial charge is 0.341 e. The van der Waals surface area contributed by atoms with E-state index >= 15 is 0 Å². The lowest BCUT2D eigenvalue weighted by atomic mass is 10.1. The number of unbranched alkanes of at least 4 members (excludes halogenated alkanes) is 2. The van der Waals surface area contributed by atoms with Gasteiger partial charge >= 0.3 is 5.97 Å². The van der Waals surface area contributed by atoms with E-state index in [0.29, 0.717) is 24.3 Å². The van der Waals surface area contributed by atoms with Crippen LogP contribution >= 0.6 is 0 Å². The van der Waals surface area contributed by atoms with Gasteiger partial charge in [0.15, 0.2) is 5.76 Å². The highest BCUT2D eigenvalue weighted by Crippen LogP contribution is 2.17. The molecule has 4 heteroatoms. The number of hydrogen-bond acceptors (Lipinski definition) is 3. The predicted octanol–water partition coefficient (Wildman–Crippen LogP) is 2.67. The van der Waals surface area contributed by atoms with Gasteiger partial charge in [-0.1, -0.05) is 31.8 Å². The van der Waals surface area contributed by atoms with E-state index in [9.17, 15) is 4.79 Å². The Kier molecular flexibility index (Phi) is 4.34. The third-order valence-electron chi connectivity index (χ3n) is 2.39. The summed E-state index contributed by atoms with van der Waals surface area (Å²) in [6.07, 6.45) is 4.41. The maximum absolute atomic E-state index is 11.0. The molecule has 1 aromatic heterocycles. The van der Waals surface area contributed by atoms with Crippen LogP contribution in [-0.2, 0) is 12.8 Å². The topological polar surface area (TPSA) is 63.3 Å². The Hall–Kier alpha value is -1.32. The molecular formula is C11H17NO3. The van der Waals surface area contributed by atoms with E-state index in [-0.39, 0.29) is 5.56 Å². The maximum Gasteiger partial charge on any atom is 0.341 e. The summed E-state index contributed by atoms with van der Waals surface area (Å²) in [6.45, 7) is 3.98. The Bertz CT molecular complexity index is 331. The van der Waals surface area contributed by atoms with Crippen molar-refractivity contribution in [2.75, 3.05) is 0 Å². The van der Waals surface area contributed by atoms with Gasteiger partial charge in [0.25, 0.3) is 0 Å². The lowest BCUT2D eigenvalue weighted by Crippen LogP contribution is -2.03. The van der Waals surface area contributed by atoms with Crippen LogP contribution in [0.4, 0.5) is 0 Å². The first kappa shape index (κ1) is 11.8. The summed E-state index contributed by atoms with van der Waals surface area (Å²) in [5.74, 6) is -0.410. The highest BCUT2D eigenvalue weighted by atomic mass is 16.5.